The molecule has 9 heteroatoms. The van der Waals surface area contributed by atoms with Gasteiger partial charge in [-0.3, -0.25) is 14.9 Å². The zero-order chi connectivity index (χ0) is 19.4. The molecule has 0 saturated carbocycles. The Morgan fingerprint density at radius 3 is 2.70 bits per heavy atom. The van der Waals surface area contributed by atoms with Gasteiger partial charge in [0.1, 0.15) is 5.75 Å². The van der Waals surface area contributed by atoms with Gasteiger partial charge in [0.05, 0.1) is 22.1 Å². The molecule has 0 aromatic heterocycles. The predicted octanol–water partition coefficient (Wildman–Crippen LogP) is 4.54. The van der Waals surface area contributed by atoms with Gasteiger partial charge in [0, 0.05) is 22.7 Å². The molecule has 3 rings (SSSR count). The van der Waals surface area contributed by atoms with Gasteiger partial charge < -0.3 is 10.1 Å². The molecule has 0 atom stereocenters. The van der Waals surface area contributed by atoms with Crippen molar-refractivity contribution in [3.05, 3.63) is 68.1 Å². The van der Waals surface area contributed by atoms with Crippen molar-refractivity contribution in [2.45, 2.75) is 6.92 Å². The normalized spacial score (nSPS) is 16.6. The summed E-state index contributed by atoms with van der Waals surface area (Å²) < 4.78 is 5.38. The van der Waals surface area contributed by atoms with Gasteiger partial charge in [-0.25, -0.2) is 4.99 Å². The van der Waals surface area contributed by atoms with Gasteiger partial charge in [0.15, 0.2) is 5.17 Å². The van der Waals surface area contributed by atoms with Gasteiger partial charge >= 0.3 is 0 Å². The molecule has 0 bridgehead atoms. The summed E-state index contributed by atoms with van der Waals surface area (Å²) in [6.45, 7) is 2.48. The maximum absolute atomic E-state index is 12.2. The van der Waals surface area contributed by atoms with Gasteiger partial charge in [-0.05, 0) is 55.1 Å². The first-order valence-corrected chi connectivity index (χ1v) is 9.12. The summed E-state index contributed by atoms with van der Waals surface area (Å²) >= 11 is 7.22. The Balaban J connectivity index is 1.82. The average molecular weight is 404 g/mol. The number of hydrogen-bond acceptors (Lipinski definition) is 6. The molecule has 0 aliphatic carbocycles. The lowest BCUT2D eigenvalue weighted by molar-refractivity contribution is -0.384. The van der Waals surface area contributed by atoms with E-state index in [4.69, 9.17) is 16.3 Å². The number of rotatable bonds is 5. The van der Waals surface area contributed by atoms with Gasteiger partial charge in [0.2, 0.25) is 0 Å². The van der Waals surface area contributed by atoms with E-state index in [1.165, 1.54) is 24.3 Å². The number of thioether (sulfide) groups is 1. The third kappa shape index (κ3) is 4.66. The SMILES string of the molecule is CCOc1ccc(N=C2NC(=O)/C(=C\c3cc([N+](=O)[O-])ccc3Cl)S2)cc1. The Hall–Kier alpha value is -2.84. The van der Waals surface area contributed by atoms with Crippen LogP contribution in [0.3, 0.4) is 0 Å². The molecule has 27 heavy (non-hydrogen) atoms. The van der Waals surface area contributed by atoms with E-state index in [9.17, 15) is 14.9 Å². The molecular weight excluding hydrogens is 390 g/mol. The lowest BCUT2D eigenvalue weighted by atomic mass is 10.2. The number of nitrogens with zero attached hydrogens (tertiary/aromatic N) is 2. The first-order valence-electron chi connectivity index (χ1n) is 7.92. The quantitative estimate of drug-likeness (QED) is 0.449. The van der Waals surface area contributed by atoms with E-state index in [1.54, 1.807) is 24.3 Å². The van der Waals surface area contributed by atoms with Crippen molar-refractivity contribution in [2.75, 3.05) is 6.61 Å². The Kier molecular flexibility index (Phi) is 5.78. The smallest absolute Gasteiger partial charge is 0.270 e. The number of nitro groups is 1. The summed E-state index contributed by atoms with van der Waals surface area (Å²) in [5.41, 5.74) is 0.958. The highest BCUT2D eigenvalue weighted by molar-refractivity contribution is 8.18. The highest BCUT2D eigenvalue weighted by atomic mass is 35.5. The topological polar surface area (TPSA) is 93.8 Å². The molecule has 0 radical (unpaired) electrons. The van der Waals surface area contributed by atoms with Crippen LogP contribution in [0.5, 0.6) is 5.75 Å². The maximum atomic E-state index is 12.2. The van der Waals surface area contributed by atoms with Crippen molar-refractivity contribution in [3.63, 3.8) is 0 Å². The fourth-order valence-corrected chi connectivity index (χ4v) is 3.28. The van der Waals surface area contributed by atoms with Crippen molar-refractivity contribution in [1.82, 2.24) is 5.32 Å². The summed E-state index contributed by atoms with van der Waals surface area (Å²) in [6, 6.07) is 11.2. The number of halogens is 1. The molecule has 1 N–H and O–H groups in total. The highest BCUT2D eigenvalue weighted by Crippen LogP contribution is 2.31. The zero-order valence-corrected chi connectivity index (χ0v) is 15.7. The highest BCUT2D eigenvalue weighted by Gasteiger charge is 2.24. The van der Waals surface area contributed by atoms with Crippen LogP contribution in [0.15, 0.2) is 52.4 Å². The minimum Gasteiger partial charge on any atom is -0.494 e. The second-order valence-electron chi connectivity index (χ2n) is 5.37. The molecule has 1 heterocycles. The molecule has 7 nitrogen and oxygen atoms in total. The number of nitrogens with one attached hydrogen (secondary N) is 1. The Morgan fingerprint density at radius 2 is 2.04 bits per heavy atom. The summed E-state index contributed by atoms with van der Waals surface area (Å²) in [4.78, 5) is 27.3. The van der Waals surface area contributed by atoms with E-state index in [-0.39, 0.29) is 11.6 Å². The van der Waals surface area contributed by atoms with Crippen LogP contribution in [0.2, 0.25) is 5.02 Å². The lowest BCUT2D eigenvalue weighted by Gasteiger charge is -2.02. The lowest BCUT2D eigenvalue weighted by Crippen LogP contribution is -2.19. The Morgan fingerprint density at radius 1 is 1.30 bits per heavy atom. The third-order valence-electron chi connectivity index (χ3n) is 3.51. The number of ether oxygens (including phenoxy) is 1. The van der Waals surface area contributed by atoms with Crippen LogP contribution < -0.4 is 10.1 Å². The molecule has 1 fully saturated rings. The van der Waals surface area contributed by atoms with Crippen LogP contribution in [-0.2, 0) is 4.79 Å². The first-order chi connectivity index (χ1) is 13.0. The molecule has 1 aliphatic heterocycles. The molecular formula is C18H14ClN3O4S. The zero-order valence-electron chi connectivity index (χ0n) is 14.1. The number of aliphatic imine (C=N–C) groups is 1. The van der Waals surface area contributed by atoms with Crippen LogP contribution in [0, 0.1) is 10.1 Å². The van der Waals surface area contributed by atoms with Gasteiger partial charge in [-0.1, -0.05) is 11.6 Å². The van der Waals surface area contributed by atoms with E-state index in [1.807, 2.05) is 6.92 Å². The van der Waals surface area contributed by atoms with E-state index in [0.29, 0.717) is 33.0 Å². The number of hydrogen-bond donors (Lipinski definition) is 1. The second-order valence-corrected chi connectivity index (χ2v) is 6.81. The van der Waals surface area contributed by atoms with Crippen molar-refractivity contribution in [1.29, 1.82) is 0 Å². The fraction of sp³-hybridized carbons (Fsp3) is 0.111. The van der Waals surface area contributed by atoms with E-state index >= 15 is 0 Å². The molecule has 1 saturated heterocycles. The standard InChI is InChI=1S/C18H14ClN3O4S/c1-2-26-14-6-3-12(4-7-14)20-18-21-17(23)16(27-18)10-11-9-13(22(24)25)5-8-15(11)19/h3-10H,2H2,1H3,(H,20,21,23)/b16-10+. The average Bonchev–Trinajstić information content (AvgIpc) is 2.97. The largest absolute Gasteiger partial charge is 0.494 e. The summed E-state index contributed by atoms with van der Waals surface area (Å²) in [5, 5.41) is 14.3. The van der Waals surface area contributed by atoms with Crippen LogP contribution in [0.1, 0.15) is 12.5 Å². The van der Waals surface area contributed by atoms with E-state index in [2.05, 4.69) is 10.3 Å². The van der Waals surface area contributed by atoms with E-state index < -0.39 is 4.92 Å². The third-order valence-corrected chi connectivity index (χ3v) is 4.76. The monoisotopic (exact) mass is 403 g/mol. The minimum atomic E-state index is -0.515. The Bertz CT molecular complexity index is 958. The number of carbonyl (C=O) groups excluding carboxylic acids is 1. The van der Waals surface area contributed by atoms with Crippen LogP contribution in [-0.4, -0.2) is 22.6 Å². The van der Waals surface area contributed by atoms with Gasteiger partial charge in [0.25, 0.3) is 11.6 Å². The summed E-state index contributed by atoms with van der Waals surface area (Å²) in [6.07, 6.45) is 1.51. The number of amides is 1. The maximum Gasteiger partial charge on any atom is 0.270 e. The van der Waals surface area contributed by atoms with Crippen molar-refractivity contribution in [2.24, 2.45) is 4.99 Å². The second kappa shape index (κ2) is 8.24. The fourth-order valence-electron chi connectivity index (χ4n) is 2.28. The molecule has 138 valence electrons. The van der Waals surface area contributed by atoms with Crippen LogP contribution in [0.4, 0.5) is 11.4 Å². The van der Waals surface area contributed by atoms with Crippen molar-refractivity contribution in [3.8, 4) is 5.75 Å². The van der Waals surface area contributed by atoms with Crippen LogP contribution >= 0.6 is 23.4 Å². The molecule has 2 aromatic carbocycles. The summed E-state index contributed by atoms with van der Waals surface area (Å²) in [7, 11) is 0. The molecule has 1 amide bonds. The number of nitro benzene ring substituents is 1. The van der Waals surface area contributed by atoms with Crippen molar-refractivity contribution >= 4 is 51.9 Å². The minimum absolute atomic E-state index is 0.0991. The van der Waals surface area contributed by atoms with Gasteiger partial charge in [-0.15, -0.1) is 0 Å². The molecule has 1 aliphatic rings. The Labute approximate surface area is 164 Å². The summed E-state index contributed by atoms with van der Waals surface area (Å²) in [5.74, 6) is 0.401. The molecule has 0 unspecified atom stereocenters. The number of carbonyl (C=O) groups is 1. The molecule has 2 aromatic rings. The number of benzene rings is 2. The number of amidine groups is 1. The van der Waals surface area contributed by atoms with E-state index in [0.717, 1.165) is 17.5 Å². The van der Waals surface area contributed by atoms with Gasteiger partial charge in [-0.2, -0.15) is 0 Å². The van der Waals surface area contributed by atoms with Crippen LogP contribution in [0.25, 0.3) is 6.08 Å². The molecule has 0 spiro atoms. The van der Waals surface area contributed by atoms with Crippen molar-refractivity contribution < 1.29 is 14.5 Å². The first kappa shape index (κ1) is 18.9. The predicted molar refractivity (Wildman–Crippen MR) is 107 cm³/mol. The number of non-ortho nitro benzene ring substituents is 1.